The highest BCUT2D eigenvalue weighted by molar-refractivity contribution is 5.96. The molecule has 0 aromatic heterocycles. The molecule has 0 spiro atoms. The van der Waals surface area contributed by atoms with Crippen molar-refractivity contribution in [2.75, 3.05) is 37.4 Å². The molecular weight excluding hydrogens is 262 g/mol. The van der Waals surface area contributed by atoms with E-state index >= 15 is 0 Å². The maximum absolute atomic E-state index is 11.8. The number of hydrogen-bond donors (Lipinski definition) is 1. The molecule has 1 aliphatic heterocycles. The van der Waals surface area contributed by atoms with Crippen LogP contribution in [0.5, 0.6) is 0 Å². The minimum absolute atomic E-state index is 0.174. The number of carbonyl (C=O) groups excluding carboxylic acids is 1. The van der Waals surface area contributed by atoms with Gasteiger partial charge < -0.3 is 15.1 Å². The summed E-state index contributed by atoms with van der Waals surface area (Å²) in [5.41, 5.74) is 4.43. The van der Waals surface area contributed by atoms with Gasteiger partial charge in [-0.05, 0) is 51.3 Å². The zero-order valence-electron chi connectivity index (χ0n) is 12.6. The van der Waals surface area contributed by atoms with E-state index in [9.17, 15) is 4.79 Å². The number of fused-ring (bicyclic) bond motifs is 1. The number of nitrogens with one attached hydrogen (secondary N) is 1. The molecule has 1 aromatic rings. The average molecular weight is 283 g/mol. The molecule has 0 saturated carbocycles. The van der Waals surface area contributed by atoms with Crippen LogP contribution >= 0.6 is 0 Å². The van der Waals surface area contributed by atoms with E-state index in [0.717, 1.165) is 42.3 Å². The van der Waals surface area contributed by atoms with Crippen LogP contribution in [0.2, 0.25) is 0 Å². The molecule has 0 amide bonds. The molecule has 21 heavy (non-hydrogen) atoms. The molecule has 0 fully saturated rings. The molecule has 0 bridgehead atoms. The summed E-state index contributed by atoms with van der Waals surface area (Å²) in [5.74, 6) is 0.174. The number of benzene rings is 1. The minimum atomic E-state index is 0.174. The standard InChI is InChI=1S/C17H21N3O/c1-19(2)10-5-11-20-16-7-4-3-6-14(16)18-15-9-8-13(21)12-17(15)20/h3-4,6-9,18H,5,10-12H2,1-2H3. The molecule has 1 N–H and O–H groups in total. The van der Waals surface area contributed by atoms with Gasteiger partial charge in [-0.15, -0.1) is 0 Å². The van der Waals surface area contributed by atoms with Crippen molar-refractivity contribution >= 4 is 17.2 Å². The van der Waals surface area contributed by atoms with E-state index in [1.54, 1.807) is 6.08 Å². The molecule has 110 valence electrons. The average Bonchev–Trinajstić information content (AvgIpc) is 2.46. The van der Waals surface area contributed by atoms with Crippen LogP contribution in [0.4, 0.5) is 11.4 Å². The monoisotopic (exact) mass is 283 g/mol. The highest BCUT2D eigenvalue weighted by atomic mass is 16.1. The van der Waals surface area contributed by atoms with Crippen LogP contribution in [0.1, 0.15) is 12.8 Å². The number of para-hydroxylation sites is 2. The second-order valence-corrected chi connectivity index (χ2v) is 5.79. The number of anilines is 2. The lowest BCUT2D eigenvalue weighted by atomic mass is 10.0. The zero-order chi connectivity index (χ0) is 14.8. The molecule has 2 aliphatic rings. The molecule has 0 saturated heterocycles. The Kier molecular flexibility index (Phi) is 3.80. The Hall–Kier alpha value is -2.07. The maximum Gasteiger partial charge on any atom is 0.161 e. The van der Waals surface area contributed by atoms with E-state index in [-0.39, 0.29) is 5.78 Å². The molecule has 4 nitrogen and oxygen atoms in total. The first-order valence-electron chi connectivity index (χ1n) is 7.37. The van der Waals surface area contributed by atoms with Gasteiger partial charge in [-0.25, -0.2) is 0 Å². The number of allylic oxidation sites excluding steroid dienone is 3. The largest absolute Gasteiger partial charge is 0.352 e. The summed E-state index contributed by atoms with van der Waals surface area (Å²) in [6, 6.07) is 8.28. The Balaban J connectivity index is 1.90. The Labute approximate surface area is 125 Å². The number of hydrogen-bond acceptors (Lipinski definition) is 4. The summed E-state index contributed by atoms with van der Waals surface area (Å²) in [4.78, 5) is 16.3. The number of carbonyl (C=O) groups is 1. The Morgan fingerprint density at radius 1 is 1.24 bits per heavy atom. The third-order valence-corrected chi connectivity index (χ3v) is 3.87. The molecular formula is C17H21N3O. The Bertz CT molecular complexity index is 616. The lowest BCUT2D eigenvalue weighted by molar-refractivity contribution is -0.114. The van der Waals surface area contributed by atoms with Crippen LogP contribution in [-0.2, 0) is 4.79 Å². The SMILES string of the molecule is CN(C)CCCN1C2=C(C=CC(=O)C2)Nc2ccccc21. The summed E-state index contributed by atoms with van der Waals surface area (Å²) in [6.45, 7) is 1.97. The van der Waals surface area contributed by atoms with E-state index < -0.39 is 0 Å². The first kappa shape index (κ1) is 13.9. The number of rotatable bonds is 4. The topological polar surface area (TPSA) is 35.6 Å². The van der Waals surface area contributed by atoms with E-state index in [4.69, 9.17) is 0 Å². The fraction of sp³-hybridized carbons (Fsp3) is 0.353. The van der Waals surface area contributed by atoms with Crippen LogP contribution in [0.25, 0.3) is 0 Å². The summed E-state index contributed by atoms with van der Waals surface area (Å²) >= 11 is 0. The van der Waals surface area contributed by atoms with Crippen molar-refractivity contribution in [2.45, 2.75) is 12.8 Å². The maximum atomic E-state index is 11.8. The third kappa shape index (κ3) is 2.85. The molecule has 0 atom stereocenters. The van der Waals surface area contributed by atoms with Crippen molar-refractivity contribution in [1.29, 1.82) is 0 Å². The molecule has 1 aliphatic carbocycles. The Morgan fingerprint density at radius 2 is 2.05 bits per heavy atom. The van der Waals surface area contributed by atoms with Gasteiger partial charge in [0.2, 0.25) is 0 Å². The molecule has 3 rings (SSSR count). The van der Waals surface area contributed by atoms with Crippen molar-refractivity contribution in [2.24, 2.45) is 0 Å². The smallest absolute Gasteiger partial charge is 0.161 e. The highest BCUT2D eigenvalue weighted by Crippen LogP contribution is 2.37. The van der Waals surface area contributed by atoms with Gasteiger partial charge in [-0.1, -0.05) is 12.1 Å². The van der Waals surface area contributed by atoms with Crippen LogP contribution in [0.3, 0.4) is 0 Å². The van der Waals surface area contributed by atoms with Gasteiger partial charge in [0, 0.05) is 12.2 Å². The van der Waals surface area contributed by atoms with E-state index in [0.29, 0.717) is 6.42 Å². The predicted molar refractivity (Wildman–Crippen MR) is 86.4 cm³/mol. The minimum Gasteiger partial charge on any atom is -0.352 e. The molecule has 0 radical (unpaired) electrons. The van der Waals surface area contributed by atoms with Crippen molar-refractivity contribution in [3.8, 4) is 0 Å². The summed E-state index contributed by atoms with van der Waals surface area (Å²) < 4.78 is 0. The van der Waals surface area contributed by atoms with Gasteiger partial charge in [0.05, 0.1) is 23.5 Å². The lowest BCUT2D eigenvalue weighted by Crippen LogP contribution is -2.34. The third-order valence-electron chi connectivity index (χ3n) is 3.87. The molecule has 1 aromatic carbocycles. The quantitative estimate of drug-likeness (QED) is 0.921. The van der Waals surface area contributed by atoms with Gasteiger partial charge in [0.25, 0.3) is 0 Å². The summed E-state index contributed by atoms with van der Waals surface area (Å²) in [6.07, 6.45) is 5.11. The van der Waals surface area contributed by atoms with Crippen molar-refractivity contribution in [1.82, 2.24) is 4.90 Å². The van der Waals surface area contributed by atoms with Crippen LogP contribution in [0.15, 0.2) is 47.8 Å². The van der Waals surface area contributed by atoms with E-state index in [1.807, 2.05) is 18.2 Å². The van der Waals surface area contributed by atoms with Crippen molar-refractivity contribution in [3.63, 3.8) is 0 Å². The van der Waals surface area contributed by atoms with Crippen molar-refractivity contribution in [3.05, 3.63) is 47.8 Å². The molecule has 4 heteroatoms. The zero-order valence-corrected chi connectivity index (χ0v) is 12.6. The van der Waals surface area contributed by atoms with Crippen molar-refractivity contribution < 1.29 is 4.79 Å². The summed E-state index contributed by atoms with van der Waals surface area (Å²) in [7, 11) is 4.17. The first-order valence-corrected chi connectivity index (χ1v) is 7.37. The van der Waals surface area contributed by atoms with Crippen LogP contribution in [-0.4, -0.2) is 37.9 Å². The van der Waals surface area contributed by atoms with Gasteiger partial charge in [-0.3, -0.25) is 4.79 Å². The molecule has 1 heterocycles. The fourth-order valence-electron chi connectivity index (χ4n) is 2.85. The lowest BCUT2D eigenvalue weighted by Gasteiger charge is -2.36. The van der Waals surface area contributed by atoms with Crippen LogP contribution < -0.4 is 10.2 Å². The first-order chi connectivity index (χ1) is 10.1. The number of nitrogens with zero attached hydrogens (tertiary/aromatic N) is 2. The Morgan fingerprint density at radius 3 is 2.86 bits per heavy atom. The van der Waals surface area contributed by atoms with Gasteiger partial charge >= 0.3 is 0 Å². The van der Waals surface area contributed by atoms with Gasteiger partial charge in [-0.2, -0.15) is 0 Å². The van der Waals surface area contributed by atoms with E-state index in [2.05, 4.69) is 41.3 Å². The molecule has 0 unspecified atom stereocenters. The predicted octanol–water partition coefficient (Wildman–Crippen LogP) is 2.61. The normalized spacial score (nSPS) is 16.9. The van der Waals surface area contributed by atoms with Crippen LogP contribution in [0, 0.1) is 0 Å². The van der Waals surface area contributed by atoms with E-state index in [1.165, 1.54) is 0 Å². The number of ketones is 1. The fourth-order valence-corrected chi connectivity index (χ4v) is 2.85. The highest BCUT2D eigenvalue weighted by Gasteiger charge is 2.26. The van der Waals surface area contributed by atoms with Gasteiger partial charge in [0.1, 0.15) is 0 Å². The second kappa shape index (κ2) is 5.74. The second-order valence-electron chi connectivity index (χ2n) is 5.79. The summed E-state index contributed by atoms with van der Waals surface area (Å²) in [5, 5.41) is 3.44. The van der Waals surface area contributed by atoms with Gasteiger partial charge in [0.15, 0.2) is 5.78 Å².